The Bertz CT molecular complexity index is 290. The number of carbonyl (C=O) groups is 1. The minimum absolute atomic E-state index is 0.112. The standard InChI is InChI=1S/C11H18N2O/c1-7(2)8-3-4-10(14)9(5-6-12)11(8)13/h5-8H,3-4,12-13H2,1-2H3/b6-5-. The summed E-state index contributed by atoms with van der Waals surface area (Å²) >= 11 is 0. The molecule has 0 bridgehead atoms. The Morgan fingerprint density at radius 2 is 2.14 bits per heavy atom. The molecule has 0 amide bonds. The van der Waals surface area contributed by atoms with Gasteiger partial charge >= 0.3 is 0 Å². The maximum atomic E-state index is 11.5. The number of rotatable bonds is 2. The molecule has 0 saturated heterocycles. The van der Waals surface area contributed by atoms with E-state index < -0.39 is 0 Å². The number of ketones is 1. The second-order valence-electron chi connectivity index (χ2n) is 4.04. The normalized spacial score (nSPS) is 23.9. The lowest BCUT2D eigenvalue weighted by Crippen LogP contribution is -2.27. The van der Waals surface area contributed by atoms with Crippen molar-refractivity contribution in [2.75, 3.05) is 0 Å². The molecule has 0 aliphatic heterocycles. The molecule has 1 unspecified atom stereocenters. The van der Waals surface area contributed by atoms with Crippen LogP contribution >= 0.6 is 0 Å². The molecule has 3 heteroatoms. The lowest BCUT2D eigenvalue weighted by atomic mass is 9.80. The monoisotopic (exact) mass is 194 g/mol. The molecule has 0 saturated carbocycles. The molecule has 3 nitrogen and oxygen atoms in total. The summed E-state index contributed by atoms with van der Waals surface area (Å²) in [6.07, 6.45) is 4.45. The van der Waals surface area contributed by atoms with Gasteiger partial charge in [-0.05, 0) is 24.6 Å². The first-order valence-corrected chi connectivity index (χ1v) is 4.99. The summed E-state index contributed by atoms with van der Waals surface area (Å²) in [5, 5.41) is 0. The zero-order valence-electron chi connectivity index (χ0n) is 8.79. The smallest absolute Gasteiger partial charge is 0.164 e. The highest BCUT2D eigenvalue weighted by Gasteiger charge is 2.27. The Morgan fingerprint density at radius 3 is 2.64 bits per heavy atom. The van der Waals surface area contributed by atoms with Crippen LogP contribution < -0.4 is 11.5 Å². The summed E-state index contributed by atoms with van der Waals surface area (Å²) in [5.74, 6) is 0.907. The molecular weight excluding hydrogens is 176 g/mol. The molecule has 0 radical (unpaired) electrons. The highest BCUT2D eigenvalue weighted by Crippen LogP contribution is 2.30. The molecule has 1 atom stereocenters. The van der Waals surface area contributed by atoms with Crippen LogP contribution in [-0.2, 0) is 4.79 Å². The van der Waals surface area contributed by atoms with Crippen LogP contribution in [0, 0.1) is 11.8 Å². The van der Waals surface area contributed by atoms with E-state index in [1.165, 1.54) is 6.20 Å². The minimum Gasteiger partial charge on any atom is -0.405 e. The van der Waals surface area contributed by atoms with Crippen molar-refractivity contribution in [2.45, 2.75) is 26.7 Å². The van der Waals surface area contributed by atoms with Crippen LogP contribution in [0.1, 0.15) is 26.7 Å². The molecule has 0 aromatic heterocycles. The minimum atomic E-state index is 0.112. The van der Waals surface area contributed by atoms with Gasteiger partial charge < -0.3 is 11.5 Å². The largest absolute Gasteiger partial charge is 0.405 e. The van der Waals surface area contributed by atoms with Crippen molar-refractivity contribution in [3.05, 3.63) is 23.5 Å². The Labute approximate surface area is 84.8 Å². The van der Waals surface area contributed by atoms with E-state index in [-0.39, 0.29) is 5.78 Å². The molecule has 1 aliphatic carbocycles. The maximum absolute atomic E-state index is 11.5. The van der Waals surface area contributed by atoms with Gasteiger partial charge in [-0.25, -0.2) is 0 Å². The van der Waals surface area contributed by atoms with Gasteiger partial charge in [0.25, 0.3) is 0 Å². The molecule has 0 aromatic carbocycles. The number of Topliss-reactive ketones (excluding diaryl/α,β-unsaturated/α-hetero) is 1. The van der Waals surface area contributed by atoms with E-state index in [4.69, 9.17) is 11.5 Å². The topological polar surface area (TPSA) is 69.1 Å². The summed E-state index contributed by atoms with van der Waals surface area (Å²) in [7, 11) is 0. The van der Waals surface area contributed by atoms with Gasteiger partial charge in [-0.3, -0.25) is 4.79 Å². The third-order valence-electron chi connectivity index (χ3n) is 2.76. The Balaban J connectivity index is 3.03. The van der Waals surface area contributed by atoms with E-state index in [0.717, 1.165) is 6.42 Å². The third-order valence-corrected chi connectivity index (χ3v) is 2.76. The van der Waals surface area contributed by atoms with Crippen molar-refractivity contribution in [1.29, 1.82) is 0 Å². The van der Waals surface area contributed by atoms with Crippen LogP contribution in [0.2, 0.25) is 0 Å². The van der Waals surface area contributed by atoms with Crippen molar-refractivity contribution in [2.24, 2.45) is 23.3 Å². The predicted molar refractivity (Wildman–Crippen MR) is 57.1 cm³/mol. The molecule has 0 heterocycles. The first-order chi connectivity index (χ1) is 6.57. The average Bonchev–Trinajstić information content (AvgIpc) is 2.11. The number of hydrogen-bond donors (Lipinski definition) is 2. The molecule has 4 N–H and O–H groups in total. The molecule has 1 aliphatic rings. The molecular formula is C11H18N2O. The zero-order valence-corrected chi connectivity index (χ0v) is 8.79. The van der Waals surface area contributed by atoms with Gasteiger partial charge in [0.1, 0.15) is 0 Å². The van der Waals surface area contributed by atoms with E-state index in [9.17, 15) is 4.79 Å². The van der Waals surface area contributed by atoms with Gasteiger partial charge in [-0.15, -0.1) is 0 Å². The summed E-state index contributed by atoms with van der Waals surface area (Å²) in [6, 6.07) is 0. The lowest BCUT2D eigenvalue weighted by Gasteiger charge is -2.26. The van der Waals surface area contributed by atoms with Crippen LogP contribution in [-0.4, -0.2) is 5.78 Å². The van der Waals surface area contributed by atoms with Crippen molar-refractivity contribution >= 4 is 5.78 Å². The number of nitrogens with two attached hydrogens (primary N) is 2. The third kappa shape index (κ3) is 1.97. The Kier molecular flexibility index (Phi) is 3.33. The van der Waals surface area contributed by atoms with E-state index in [1.54, 1.807) is 6.08 Å². The maximum Gasteiger partial charge on any atom is 0.164 e. The van der Waals surface area contributed by atoms with Crippen LogP contribution in [0.4, 0.5) is 0 Å². The highest BCUT2D eigenvalue weighted by atomic mass is 16.1. The number of carbonyl (C=O) groups excluding carboxylic acids is 1. The SMILES string of the molecule is CC(C)C1CCC(=O)C(/C=C\N)=C1N. The second kappa shape index (κ2) is 4.31. The fraction of sp³-hybridized carbons (Fsp3) is 0.545. The number of allylic oxidation sites excluding steroid dienone is 3. The molecule has 1 rings (SSSR count). The number of hydrogen-bond acceptors (Lipinski definition) is 3. The van der Waals surface area contributed by atoms with Crippen LogP contribution in [0.15, 0.2) is 23.5 Å². The van der Waals surface area contributed by atoms with Crippen molar-refractivity contribution in [3.63, 3.8) is 0 Å². The fourth-order valence-electron chi connectivity index (χ4n) is 1.92. The van der Waals surface area contributed by atoms with E-state index >= 15 is 0 Å². The fourth-order valence-corrected chi connectivity index (χ4v) is 1.92. The van der Waals surface area contributed by atoms with E-state index in [2.05, 4.69) is 13.8 Å². The van der Waals surface area contributed by atoms with Crippen molar-refractivity contribution in [1.82, 2.24) is 0 Å². The van der Waals surface area contributed by atoms with Gasteiger partial charge in [0.05, 0.1) is 0 Å². The molecule has 0 aromatic rings. The van der Waals surface area contributed by atoms with Gasteiger partial charge in [-0.1, -0.05) is 13.8 Å². The summed E-state index contributed by atoms with van der Waals surface area (Å²) in [4.78, 5) is 11.5. The van der Waals surface area contributed by atoms with Gasteiger partial charge in [0.2, 0.25) is 0 Å². The van der Waals surface area contributed by atoms with Crippen molar-refractivity contribution < 1.29 is 4.79 Å². The van der Waals surface area contributed by atoms with Gasteiger partial charge in [-0.2, -0.15) is 0 Å². The van der Waals surface area contributed by atoms with E-state index in [0.29, 0.717) is 29.5 Å². The second-order valence-corrected chi connectivity index (χ2v) is 4.04. The van der Waals surface area contributed by atoms with Crippen molar-refractivity contribution in [3.8, 4) is 0 Å². The van der Waals surface area contributed by atoms with Crippen LogP contribution in [0.25, 0.3) is 0 Å². The summed E-state index contributed by atoms with van der Waals surface area (Å²) < 4.78 is 0. The summed E-state index contributed by atoms with van der Waals surface area (Å²) in [6.45, 7) is 4.24. The summed E-state index contributed by atoms with van der Waals surface area (Å²) in [5.41, 5.74) is 12.6. The van der Waals surface area contributed by atoms with Gasteiger partial charge in [0, 0.05) is 23.6 Å². The highest BCUT2D eigenvalue weighted by molar-refractivity contribution is 5.99. The molecule has 0 spiro atoms. The first kappa shape index (κ1) is 10.8. The first-order valence-electron chi connectivity index (χ1n) is 4.99. The van der Waals surface area contributed by atoms with Crippen LogP contribution in [0.5, 0.6) is 0 Å². The molecule has 0 fully saturated rings. The Hall–Kier alpha value is -1.25. The lowest BCUT2D eigenvalue weighted by molar-refractivity contribution is -0.116. The van der Waals surface area contributed by atoms with Gasteiger partial charge in [0.15, 0.2) is 5.78 Å². The average molecular weight is 194 g/mol. The molecule has 14 heavy (non-hydrogen) atoms. The van der Waals surface area contributed by atoms with E-state index in [1.807, 2.05) is 0 Å². The van der Waals surface area contributed by atoms with Crippen LogP contribution in [0.3, 0.4) is 0 Å². The Morgan fingerprint density at radius 1 is 1.50 bits per heavy atom. The predicted octanol–water partition coefficient (Wildman–Crippen LogP) is 1.31. The molecule has 78 valence electrons. The quantitative estimate of drug-likeness (QED) is 0.696. The zero-order chi connectivity index (χ0) is 10.7.